The third kappa shape index (κ3) is 6.77. The second-order valence-electron chi connectivity index (χ2n) is 6.73. The molecule has 0 fully saturated rings. The van der Waals surface area contributed by atoms with Crippen molar-refractivity contribution in [3.8, 4) is 5.75 Å². The van der Waals surface area contributed by atoms with Crippen LogP contribution in [0.5, 0.6) is 5.75 Å². The minimum absolute atomic E-state index is 0. The molecule has 0 heterocycles. The Kier molecular flexibility index (Phi) is 9.49. The zero-order valence-electron chi connectivity index (χ0n) is 17.3. The third-order valence-electron chi connectivity index (χ3n) is 4.93. The topological polar surface area (TPSA) is 12.5 Å². The summed E-state index contributed by atoms with van der Waals surface area (Å²) in [4.78, 5) is 2.37. The van der Waals surface area contributed by atoms with Crippen LogP contribution in [0.4, 0.5) is 0 Å². The van der Waals surface area contributed by atoms with Crippen molar-refractivity contribution in [1.29, 1.82) is 0 Å². The van der Waals surface area contributed by atoms with Crippen molar-refractivity contribution in [2.24, 2.45) is 0 Å². The second kappa shape index (κ2) is 12.1. The molecule has 3 aromatic carbocycles. The molecule has 0 aliphatic heterocycles. The van der Waals surface area contributed by atoms with Crippen LogP contribution in [0.1, 0.15) is 30.5 Å². The molecule has 0 bridgehead atoms. The molecule has 3 rings (SSSR count). The van der Waals surface area contributed by atoms with E-state index in [2.05, 4.69) is 104 Å². The highest BCUT2D eigenvalue weighted by molar-refractivity contribution is 5.91. The molecule has 152 valence electrons. The number of rotatable bonds is 9. The van der Waals surface area contributed by atoms with Crippen LogP contribution in [0.3, 0.4) is 0 Å². The molecule has 0 aromatic heterocycles. The van der Waals surface area contributed by atoms with Crippen LogP contribution < -0.4 is 4.74 Å². The summed E-state index contributed by atoms with van der Waals surface area (Å²) in [6, 6.07) is 29.4. The summed E-state index contributed by atoms with van der Waals surface area (Å²) in [7, 11) is 0. The van der Waals surface area contributed by atoms with Crippen molar-refractivity contribution in [1.82, 2.24) is 4.90 Å². The number of hydrogen-bond donors (Lipinski definition) is 0. The number of likely N-dealkylation sites (N-methyl/N-ethyl adjacent to an activating group) is 1. The van der Waals surface area contributed by atoms with Gasteiger partial charge in [0.05, 0.1) is 0 Å². The Morgan fingerprint density at radius 1 is 0.759 bits per heavy atom. The van der Waals surface area contributed by atoms with Gasteiger partial charge < -0.3 is 9.64 Å². The van der Waals surface area contributed by atoms with E-state index in [0.717, 1.165) is 25.4 Å². The summed E-state index contributed by atoms with van der Waals surface area (Å²) in [5.74, 6) is 0.919. The number of nitrogens with zero attached hydrogens (tertiary/aromatic N) is 1. The predicted molar refractivity (Wildman–Crippen MR) is 127 cm³/mol. The first-order valence-corrected chi connectivity index (χ1v) is 10.1. The number of benzene rings is 3. The molecule has 3 heteroatoms. The molecule has 0 unspecified atom stereocenters. The van der Waals surface area contributed by atoms with Gasteiger partial charge in [-0.25, -0.2) is 0 Å². The lowest BCUT2D eigenvalue weighted by Gasteiger charge is -2.18. The van der Waals surface area contributed by atoms with Crippen LogP contribution in [0.2, 0.25) is 0 Å². The number of ether oxygens (including phenoxy) is 1. The van der Waals surface area contributed by atoms with Gasteiger partial charge in [0, 0.05) is 6.54 Å². The molecule has 0 saturated carbocycles. The van der Waals surface area contributed by atoms with Crippen molar-refractivity contribution in [3.63, 3.8) is 0 Å². The Bertz CT molecular complexity index is 856. The first-order valence-electron chi connectivity index (χ1n) is 10.1. The fourth-order valence-electron chi connectivity index (χ4n) is 3.23. The summed E-state index contributed by atoms with van der Waals surface area (Å²) in [6.45, 7) is 8.16. The first-order chi connectivity index (χ1) is 13.8. The van der Waals surface area contributed by atoms with Gasteiger partial charge in [-0.3, -0.25) is 0 Å². The quantitative estimate of drug-likeness (QED) is 0.379. The summed E-state index contributed by atoms with van der Waals surface area (Å²) < 4.78 is 5.94. The van der Waals surface area contributed by atoms with Crippen LogP contribution in [0.25, 0.3) is 11.6 Å². The Balaban J connectivity index is 0.00000300. The van der Waals surface area contributed by atoms with Gasteiger partial charge in [-0.1, -0.05) is 86.6 Å². The molecule has 0 spiro atoms. The van der Waals surface area contributed by atoms with Gasteiger partial charge in [0.15, 0.2) is 0 Å². The van der Waals surface area contributed by atoms with Crippen LogP contribution in [-0.2, 0) is 0 Å². The summed E-state index contributed by atoms with van der Waals surface area (Å²) >= 11 is 0. The van der Waals surface area contributed by atoms with Gasteiger partial charge in [-0.2, -0.15) is 0 Å². The lowest BCUT2D eigenvalue weighted by molar-refractivity contribution is 0.223. The van der Waals surface area contributed by atoms with Gasteiger partial charge in [-0.05, 0) is 53.6 Å². The zero-order chi connectivity index (χ0) is 19.6. The lowest BCUT2D eigenvalue weighted by atomic mass is 9.95. The van der Waals surface area contributed by atoms with E-state index < -0.39 is 0 Å². The molecule has 29 heavy (non-hydrogen) atoms. The molecule has 0 atom stereocenters. The summed E-state index contributed by atoms with van der Waals surface area (Å²) in [5.41, 5.74) is 4.80. The normalized spacial score (nSPS) is 11.2. The third-order valence-corrected chi connectivity index (χ3v) is 4.93. The van der Waals surface area contributed by atoms with Crippen molar-refractivity contribution >= 4 is 24.1 Å². The van der Waals surface area contributed by atoms with E-state index in [1.165, 1.54) is 22.3 Å². The van der Waals surface area contributed by atoms with Crippen molar-refractivity contribution in [2.75, 3.05) is 26.2 Å². The highest BCUT2D eigenvalue weighted by Crippen LogP contribution is 2.27. The maximum Gasteiger partial charge on any atom is 0.119 e. The molecule has 0 aliphatic rings. The van der Waals surface area contributed by atoms with Gasteiger partial charge in [0.25, 0.3) is 0 Å². The molecular weight excluding hydrogens is 378 g/mol. The smallest absolute Gasteiger partial charge is 0.119 e. The van der Waals surface area contributed by atoms with Gasteiger partial charge >= 0.3 is 0 Å². The molecule has 0 saturated heterocycles. The molecule has 0 radical (unpaired) electrons. The molecule has 0 aliphatic carbocycles. The highest BCUT2D eigenvalue weighted by Gasteiger charge is 2.06. The average molecular weight is 408 g/mol. The maximum atomic E-state index is 5.94. The Morgan fingerprint density at radius 2 is 1.31 bits per heavy atom. The Labute approximate surface area is 181 Å². The zero-order valence-corrected chi connectivity index (χ0v) is 18.1. The van der Waals surface area contributed by atoms with Crippen LogP contribution in [0, 0.1) is 0 Å². The SMILES string of the molecule is CCN(CC)CCOc1ccc(C(=Cc2ccccc2)c2ccccc2)cc1.Cl. The molecule has 2 nitrogen and oxygen atoms in total. The summed E-state index contributed by atoms with van der Waals surface area (Å²) in [5, 5.41) is 0. The second-order valence-corrected chi connectivity index (χ2v) is 6.73. The van der Waals surface area contributed by atoms with Gasteiger partial charge in [-0.15, -0.1) is 12.4 Å². The van der Waals surface area contributed by atoms with Crippen molar-refractivity contribution in [2.45, 2.75) is 13.8 Å². The average Bonchev–Trinajstić information content (AvgIpc) is 2.77. The summed E-state index contributed by atoms with van der Waals surface area (Å²) in [6.07, 6.45) is 2.24. The van der Waals surface area contributed by atoms with Crippen molar-refractivity contribution in [3.05, 3.63) is 102 Å². The molecule has 0 N–H and O–H groups in total. The number of hydrogen-bond acceptors (Lipinski definition) is 2. The first kappa shape index (κ1) is 22.7. The lowest BCUT2D eigenvalue weighted by Crippen LogP contribution is -2.27. The highest BCUT2D eigenvalue weighted by atomic mass is 35.5. The monoisotopic (exact) mass is 407 g/mol. The van der Waals surface area contributed by atoms with E-state index in [4.69, 9.17) is 4.74 Å². The molecule has 0 amide bonds. The fourth-order valence-corrected chi connectivity index (χ4v) is 3.23. The minimum Gasteiger partial charge on any atom is -0.492 e. The molecule has 3 aromatic rings. The van der Waals surface area contributed by atoms with E-state index in [1.54, 1.807) is 0 Å². The van der Waals surface area contributed by atoms with Crippen LogP contribution >= 0.6 is 12.4 Å². The van der Waals surface area contributed by atoms with E-state index in [9.17, 15) is 0 Å². The van der Waals surface area contributed by atoms with E-state index in [1.807, 2.05) is 6.07 Å². The largest absolute Gasteiger partial charge is 0.492 e. The van der Waals surface area contributed by atoms with E-state index >= 15 is 0 Å². The van der Waals surface area contributed by atoms with Gasteiger partial charge in [0.2, 0.25) is 0 Å². The Hall–Kier alpha value is -2.55. The van der Waals surface area contributed by atoms with Crippen LogP contribution in [-0.4, -0.2) is 31.1 Å². The minimum atomic E-state index is 0. The van der Waals surface area contributed by atoms with Crippen molar-refractivity contribution < 1.29 is 4.74 Å². The fraction of sp³-hybridized carbons (Fsp3) is 0.231. The van der Waals surface area contributed by atoms with Gasteiger partial charge in [0.1, 0.15) is 12.4 Å². The van der Waals surface area contributed by atoms with E-state index in [0.29, 0.717) is 6.61 Å². The Morgan fingerprint density at radius 3 is 1.90 bits per heavy atom. The van der Waals surface area contributed by atoms with Crippen LogP contribution in [0.15, 0.2) is 84.9 Å². The standard InChI is InChI=1S/C26H29NO.ClH/c1-3-27(4-2)19-20-28-25-17-15-24(16-18-25)26(23-13-9-6-10-14-23)21-22-11-7-5-8-12-22;/h5-18,21H,3-4,19-20H2,1-2H3;1H. The predicted octanol–water partition coefficient (Wildman–Crippen LogP) is 6.42. The molecular formula is C26H30ClNO. The maximum absolute atomic E-state index is 5.94. The number of halogens is 1. The van der Waals surface area contributed by atoms with E-state index in [-0.39, 0.29) is 12.4 Å².